The van der Waals surface area contributed by atoms with Crippen molar-refractivity contribution in [1.29, 1.82) is 0 Å². The maximum absolute atomic E-state index is 13.2. The Hall–Kier alpha value is -2.25. The minimum atomic E-state index is -4.89. The molecule has 26 heavy (non-hydrogen) atoms. The Balaban J connectivity index is 2.01. The Morgan fingerprint density at radius 3 is 2.54 bits per heavy atom. The first kappa shape index (κ1) is 20.1. The van der Waals surface area contributed by atoms with E-state index in [9.17, 15) is 22.8 Å². The van der Waals surface area contributed by atoms with Crippen molar-refractivity contribution in [2.24, 2.45) is 11.3 Å². The smallest absolute Gasteiger partial charge is 0.406 e. The number of benzene rings is 1. The third-order valence-electron chi connectivity index (χ3n) is 4.86. The first-order chi connectivity index (χ1) is 12.1. The van der Waals surface area contributed by atoms with Gasteiger partial charge in [-0.2, -0.15) is 13.2 Å². The van der Waals surface area contributed by atoms with Crippen molar-refractivity contribution in [1.82, 2.24) is 4.90 Å². The van der Waals surface area contributed by atoms with Gasteiger partial charge in [0.05, 0.1) is 7.11 Å². The number of aliphatic carboxylic acids is 1. The second-order valence-corrected chi connectivity index (χ2v) is 6.78. The largest absolute Gasteiger partial charge is 0.496 e. The summed E-state index contributed by atoms with van der Waals surface area (Å²) in [6.45, 7) is 0.798. The average molecular weight is 373 g/mol. The number of ether oxygens (including phenoxy) is 1. The number of carboxylic acid groups (broad SMARTS) is 1. The van der Waals surface area contributed by atoms with E-state index in [-0.39, 0.29) is 18.9 Å². The standard InChI is InChI=1S/C18H22F3NO4/c1-12(9-13-5-3-4-6-14(13)26-2)10-15(23)22-8-7-17(11-22,16(24)25)18(19,20)21/h3-6,12H,7-11H2,1-2H3,(H,24,25). The maximum Gasteiger partial charge on any atom is 0.406 e. The molecule has 0 spiro atoms. The van der Waals surface area contributed by atoms with Crippen molar-refractivity contribution < 1.29 is 32.6 Å². The predicted octanol–water partition coefficient (Wildman–Crippen LogP) is 3.13. The molecule has 1 amide bonds. The number of para-hydroxylation sites is 1. The molecule has 8 heteroatoms. The first-order valence-corrected chi connectivity index (χ1v) is 8.30. The molecule has 1 heterocycles. The highest BCUT2D eigenvalue weighted by atomic mass is 19.4. The summed E-state index contributed by atoms with van der Waals surface area (Å²) < 4.78 is 44.9. The van der Waals surface area contributed by atoms with Crippen molar-refractivity contribution in [3.05, 3.63) is 29.8 Å². The van der Waals surface area contributed by atoms with Crippen LogP contribution >= 0.6 is 0 Å². The van der Waals surface area contributed by atoms with E-state index in [1.807, 2.05) is 25.1 Å². The summed E-state index contributed by atoms with van der Waals surface area (Å²) in [7, 11) is 1.54. The quantitative estimate of drug-likeness (QED) is 0.832. The molecular weight excluding hydrogens is 351 g/mol. The number of carboxylic acids is 1. The van der Waals surface area contributed by atoms with Gasteiger partial charge in [-0.15, -0.1) is 0 Å². The summed E-state index contributed by atoms with van der Waals surface area (Å²) in [5, 5.41) is 9.06. The van der Waals surface area contributed by atoms with E-state index in [1.54, 1.807) is 13.2 Å². The van der Waals surface area contributed by atoms with E-state index in [0.29, 0.717) is 12.2 Å². The van der Waals surface area contributed by atoms with Gasteiger partial charge in [0.1, 0.15) is 5.75 Å². The SMILES string of the molecule is COc1ccccc1CC(C)CC(=O)N1CCC(C(=O)O)(C(F)(F)F)C1. The lowest BCUT2D eigenvalue weighted by Crippen LogP contribution is -2.47. The van der Waals surface area contributed by atoms with Gasteiger partial charge in [-0.25, -0.2) is 0 Å². The van der Waals surface area contributed by atoms with Crippen LogP contribution in [0.25, 0.3) is 0 Å². The highest BCUT2D eigenvalue weighted by Crippen LogP contribution is 2.45. The first-order valence-electron chi connectivity index (χ1n) is 8.30. The molecule has 2 unspecified atom stereocenters. The van der Waals surface area contributed by atoms with Gasteiger partial charge < -0.3 is 14.7 Å². The lowest BCUT2D eigenvalue weighted by molar-refractivity contribution is -0.227. The van der Waals surface area contributed by atoms with Gasteiger partial charge in [0.2, 0.25) is 5.91 Å². The van der Waals surface area contributed by atoms with Crippen LogP contribution in [0.2, 0.25) is 0 Å². The number of hydrogen-bond acceptors (Lipinski definition) is 3. The summed E-state index contributed by atoms with van der Waals surface area (Å²) >= 11 is 0. The Morgan fingerprint density at radius 1 is 1.35 bits per heavy atom. The molecule has 0 radical (unpaired) electrons. The topological polar surface area (TPSA) is 66.8 Å². The van der Waals surface area contributed by atoms with Crippen LogP contribution in [0.4, 0.5) is 13.2 Å². The number of hydrogen-bond donors (Lipinski definition) is 1. The molecule has 1 fully saturated rings. The predicted molar refractivity (Wildman–Crippen MR) is 87.8 cm³/mol. The highest BCUT2D eigenvalue weighted by Gasteiger charge is 2.64. The van der Waals surface area contributed by atoms with Crippen molar-refractivity contribution in [3.8, 4) is 5.75 Å². The lowest BCUT2D eigenvalue weighted by atomic mass is 9.86. The molecular formula is C18H22F3NO4. The number of carbonyl (C=O) groups excluding carboxylic acids is 1. The molecule has 0 bridgehead atoms. The zero-order chi connectivity index (χ0) is 19.5. The second kappa shape index (κ2) is 7.55. The van der Waals surface area contributed by atoms with Gasteiger partial charge in [-0.05, 0) is 30.4 Å². The summed E-state index contributed by atoms with van der Waals surface area (Å²) in [6.07, 6.45) is -4.92. The normalized spacial score (nSPS) is 21.5. The zero-order valence-electron chi connectivity index (χ0n) is 14.7. The molecule has 0 saturated carbocycles. The van der Waals surface area contributed by atoms with Crippen molar-refractivity contribution in [2.45, 2.75) is 32.4 Å². The zero-order valence-corrected chi connectivity index (χ0v) is 14.7. The average Bonchev–Trinajstić information content (AvgIpc) is 3.02. The summed E-state index contributed by atoms with van der Waals surface area (Å²) in [4.78, 5) is 24.6. The number of methoxy groups -OCH3 is 1. The Morgan fingerprint density at radius 2 is 2.00 bits per heavy atom. The molecule has 1 saturated heterocycles. The molecule has 1 aliphatic rings. The number of likely N-dealkylation sites (tertiary alicyclic amines) is 1. The second-order valence-electron chi connectivity index (χ2n) is 6.78. The van der Waals surface area contributed by atoms with E-state index in [4.69, 9.17) is 9.84 Å². The number of alkyl halides is 3. The minimum absolute atomic E-state index is 0.0472. The van der Waals surface area contributed by atoms with E-state index in [2.05, 4.69) is 0 Å². The van der Waals surface area contributed by atoms with Gasteiger partial charge >= 0.3 is 12.1 Å². The number of carbonyl (C=O) groups is 2. The maximum atomic E-state index is 13.2. The summed E-state index contributed by atoms with van der Waals surface area (Å²) in [5.74, 6) is -1.82. The third kappa shape index (κ3) is 3.94. The van der Waals surface area contributed by atoms with Gasteiger partial charge in [0.25, 0.3) is 0 Å². The van der Waals surface area contributed by atoms with Gasteiger partial charge in [-0.3, -0.25) is 9.59 Å². The van der Waals surface area contributed by atoms with Crippen LogP contribution < -0.4 is 4.74 Å². The van der Waals surface area contributed by atoms with Gasteiger partial charge in [0, 0.05) is 19.5 Å². The number of rotatable bonds is 6. The molecule has 0 aromatic heterocycles. The molecule has 1 aliphatic heterocycles. The Kier molecular flexibility index (Phi) is 5.83. The number of halogens is 3. The van der Waals surface area contributed by atoms with Crippen molar-refractivity contribution in [3.63, 3.8) is 0 Å². The number of nitrogens with zero attached hydrogens (tertiary/aromatic N) is 1. The van der Waals surface area contributed by atoms with Crippen LogP contribution in [0.3, 0.4) is 0 Å². The molecule has 144 valence electrons. The minimum Gasteiger partial charge on any atom is -0.496 e. The Bertz CT molecular complexity index is 677. The molecule has 1 aromatic carbocycles. The molecule has 1 N–H and O–H groups in total. The molecule has 2 rings (SSSR count). The lowest BCUT2D eigenvalue weighted by Gasteiger charge is -2.27. The number of amides is 1. The van der Waals surface area contributed by atoms with Crippen LogP contribution in [-0.4, -0.2) is 48.3 Å². The molecule has 5 nitrogen and oxygen atoms in total. The van der Waals surface area contributed by atoms with E-state index in [1.165, 1.54) is 0 Å². The van der Waals surface area contributed by atoms with Crippen LogP contribution in [0.1, 0.15) is 25.3 Å². The van der Waals surface area contributed by atoms with Crippen molar-refractivity contribution in [2.75, 3.05) is 20.2 Å². The van der Waals surface area contributed by atoms with Crippen LogP contribution in [0.15, 0.2) is 24.3 Å². The van der Waals surface area contributed by atoms with Gasteiger partial charge in [-0.1, -0.05) is 25.1 Å². The van der Waals surface area contributed by atoms with Crippen LogP contribution in [-0.2, 0) is 16.0 Å². The Labute approximate surface area is 149 Å². The fourth-order valence-electron chi connectivity index (χ4n) is 3.30. The highest BCUT2D eigenvalue weighted by molar-refractivity contribution is 5.81. The third-order valence-corrected chi connectivity index (χ3v) is 4.86. The summed E-state index contributed by atoms with van der Waals surface area (Å²) in [6, 6.07) is 7.34. The fourth-order valence-corrected chi connectivity index (χ4v) is 3.30. The molecule has 0 aliphatic carbocycles. The van der Waals surface area contributed by atoms with E-state index < -0.39 is 36.4 Å². The van der Waals surface area contributed by atoms with Crippen LogP contribution in [0.5, 0.6) is 5.75 Å². The fraction of sp³-hybridized carbons (Fsp3) is 0.556. The van der Waals surface area contributed by atoms with Crippen LogP contribution in [0, 0.1) is 11.3 Å². The molecule has 1 aromatic rings. The molecule has 2 atom stereocenters. The monoisotopic (exact) mass is 373 g/mol. The van der Waals surface area contributed by atoms with Gasteiger partial charge in [0.15, 0.2) is 5.41 Å². The van der Waals surface area contributed by atoms with Crippen molar-refractivity contribution >= 4 is 11.9 Å². The van der Waals surface area contributed by atoms with E-state index in [0.717, 1.165) is 10.5 Å². The summed E-state index contributed by atoms with van der Waals surface area (Å²) in [5.41, 5.74) is -1.96. The van der Waals surface area contributed by atoms with E-state index >= 15 is 0 Å².